The third kappa shape index (κ3) is 3.73. The second-order valence-electron chi connectivity index (χ2n) is 3.46. The van der Waals surface area contributed by atoms with Crippen LogP contribution in [0.5, 0.6) is 0 Å². The molecular formula is C9H18O2. The molecule has 0 radical (unpaired) electrons. The van der Waals surface area contributed by atoms with Crippen LogP contribution in [0.3, 0.4) is 0 Å². The lowest BCUT2D eigenvalue weighted by Gasteiger charge is -1.99. The van der Waals surface area contributed by atoms with Gasteiger partial charge in [-0.15, -0.1) is 0 Å². The van der Waals surface area contributed by atoms with Gasteiger partial charge in [0.1, 0.15) is 0 Å². The normalized spacial score (nSPS) is 20.2. The SMILES string of the molecule is CCCCCCCC1(C)OO1. The van der Waals surface area contributed by atoms with Crippen molar-refractivity contribution >= 4 is 0 Å². The lowest BCUT2D eigenvalue weighted by Crippen LogP contribution is -2.02. The van der Waals surface area contributed by atoms with Crippen LogP contribution in [0.1, 0.15) is 52.4 Å². The lowest BCUT2D eigenvalue weighted by molar-refractivity contribution is 0.0850. The first-order valence-electron chi connectivity index (χ1n) is 4.64. The van der Waals surface area contributed by atoms with Gasteiger partial charge in [-0.05, 0) is 13.3 Å². The first kappa shape index (κ1) is 9.01. The largest absolute Gasteiger partial charge is 0.231 e. The summed E-state index contributed by atoms with van der Waals surface area (Å²) in [5.41, 5.74) is 0. The summed E-state index contributed by atoms with van der Waals surface area (Å²) in [6, 6.07) is 0. The molecule has 11 heavy (non-hydrogen) atoms. The Morgan fingerprint density at radius 1 is 1.00 bits per heavy atom. The summed E-state index contributed by atoms with van der Waals surface area (Å²) in [5.74, 6) is -0.202. The van der Waals surface area contributed by atoms with Crippen molar-refractivity contribution in [3.05, 3.63) is 0 Å². The molecule has 0 aliphatic carbocycles. The van der Waals surface area contributed by atoms with Crippen LogP contribution >= 0.6 is 0 Å². The van der Waals surface area contributed by atoms with Crippen LogP contribution in [0.15, 0.2) is 0 Å². The van der Waals surface area contributed by atoms with Crippen molar-refractivity contribution in [2.24, 2.45) is 0 Å². The molecule has 0 bridgehead atoms. The Balaban J connectivity index is 1.81. The molecule has 0 atom stereocenters. The molecule has 0 saturated carbocycles. The van der Waals surface area contributed by atoms with Gasteiger partial charge in [0.25, 0.3) is 0 Å². The second-order valence-corrected chi connectivity index (χ2v) is 3.46. The summed E-state index contributed by atoms with van der Waals surface area (Å²) in [5, 5.41) is 0. The Kier molecular flexibility index (Phi) is 3.34. The van der Waals surface area contributed by atoms with E-state index in [2.05, 4.69) is 6.92 Å². The van der Waals surface area contributed by atoms with Crippen LogP contribution in [-0.2, 0) is 9.78 Å². The van der Waals surface area contributed by atoms with Crippen LogP contribution < -0.4 is 0 Å². The fraction of sp³-hybridized carbons (Fsp3) is 1.00. The van der Waals surface area contributed by atoms with Crippen molar-refractivity contribution in [3.63, 3.8) is 0 Å². The molecule has 1 saturated heterocycles. The second kappa shape index (κ2) is 4.07. The topological polar surface area (TPSA) is 25.1 Å². The van der Waals surface area contributed by atoms with Gasteiger partial charge in [-0.3, -0.25) is 0 Å². The molecule has 2 nitrogen and oxygen atoms in total. The number of hydrogen-bond acceptors (Lipinski definition) is 2. The third-order valence-electron chi connectivity index (χ3n) is 2.10. The van der Waals surface area contributed by atoms with Gasteiger partial charge in [-0.25, -0.2) is 0 Å². The van der Waals surface area contributed by atoms with E-state index in [4.69, 9.17) is 9.78 Å². The van der Waals surface area contributed by atoms with E-state index in [1.807, 2.05) is 6.92 Å². The number of hydrogen-bond donors (Lipinski definition) is 0. The van der Waals surface area contributed by atoms with E-state index >= 15 is 0 Å². The van der Waals surface area contributed by atoms with Crippen molar-refractivity contribution in [1.82, 2.24) is 0 Å². The summed E-state index contributed by atoms with van der Waals surface area (Å²) < 4.78 is 0. The van der Waals surface area contributed by atoms with E-state index in [0.29, 0.717) is 0 Å². The maximum atomic E-state index is 4.80. The van der Waals surface area contributed by atoms with Crippen molar-refractivity contribution in [2.75, 3.05) is 0 Å². The van der Waals surface area contributed by atoms with Gasteiger partial charge < -0.3 is 0 Å². The predicted molar refractivity (Wildman–Crippen MR) is 44.0 cm³/mol. The Bertz CT molecular complexity index is 108. The third-order valence-corrected chi connectivity index (χ3v) is 2.10. The molecule has 1 heterocycles. The molecule has 1 fully saturated rings. The average molecular weight is 158 g/mol. The van der Waals surface area contributed by atoms with Crippen LogP contribution in [0.2, 0.25) is 0 Å². The van der Waals surface area contributed by atoms with Crippen molar-refractivity contribution < 1.29 is 9.78 Å². The van der Waals surface area contributed by atoms with E-state index in [1.165, 1.54) is 32.1 Å². The molecule has 1 aliphatic heterocycles. The fourth-order valence-corrected chi connectivity index (χ4v) is 1.20. The first-order chi connectivity index (χ1) is 5.27. The van der Waals surface area contributed by atoms with Gasteiger partial charge in [-0.2, -0.15) is 9.78 Å². The zero-order valence-corrected chi connectivity index (χ0v) is 7.56. The summed E-state index contributed by atoms with van der Waals surface area (Å²) in [7, 11) is 0. The standard InChI is InChI=1S/C9H18O2/c1-3-4-5-6-7-8-9(2)10-11-9/h3-8H2,1-2H3. The zero-order valence-electron chi connectivity index (χ0n) is 7.56. The molecule has 1 aliphatic rings. The molecule has 0 unspecified atom stereocenters. The molecule has 0 N–H and O–H groups in total. The van der Waals surface area contributed by atoms with E-state index in [0.717, 1.165) is 6.42 Å². The molecule has 0 amide bonds. The zero-order chi connectivity index (χ0) is 8.16. The monoisotopic (exact) mass is 158 g/mol. The molecule has 0 aromatic rings. The smallest absolute Gasteiger partial charge is 0.195 e. The minimum absolute atomic E-state index is 0.202. The Morgan fingerprint density at radius 2 is 1.64 bits per heavy atom. The highest BCUT2D eigenvalue weighted by Gasteiger charge is 2.42. The Labute approximate surface area is 68.8 Å². The highest BCUT2D eigenvalue weighted by molar-refractivity contribution is 4.66. The van der Waals surface area contributed by atoms with E-state index < -0.39 is 0 Å². The summed E-state index contributed by atoms with van der Waals surface area (Å²) in [6.45, 7) is 4.22. The first-order valence-corrected chi connectivity index (χ1v) is 4.64. The van der Waals surface area contributed by atoms with Gasteiger partial charge in [0, 0.05) is 6.42 Å². The fourth-order valence-electron chi connectivity index (χ4n) is 1.20. The summed E-state index contributed by atoms with van der Waals surface area (Å²) in [6.07, 6.45) is 7.62. The Morgan fingerprint density at radius 3 is 2.18 bits per heavy atom. The van der Waals surface area contributed by atoms with E-state index in [1.54, 1.807) is 0 Å². The minimum Gasteiger partial charge on any atom is -0.195 e. The highest BCUT2D eigenvalue weighted by atomic mass is 17.4. The molecule has 1 rings (SSSR count). The molecule has 0 spiro atoms. The maximum Gasteiger partial charge on any atom is 0.231 e. The van der Waals surface area contributed by atoms with Crippen molar-refractivity contribution in [1.29, 1.82) is 0 Å². The quantitative estimate of drug-likeness (QED) is 0.337. The van der Waals surface area contributed by atoms with E-state index in [9.17, 15) is 0 Å². The Hall–Kier alpha value is -0.0800. The summed E-state index contributed by atoms with van der Waals surface area (Å²) in [4.78, 5) is 9.61. The minimum atomic E-state index is -0.202. The summed E-state index contributed by atoms with van der Waals surface area (Å²) >= 11 is 0. The molecule has 0 aromatic heterocycles. The highest BCUT2D eigenvalue weighted by Crippen LogP contribution is 2.34. The van der Waals surface area contributed by atoms with Gasteiger partial charge in [0.05, 0.1) is 0 Å². The number of unbranched alkanes of at least 4 members (excludes halogenated alkanes) is 4. The molecular weight excluding hydrogens is 140 g/mol. The van der Waals surface area contributed by atoms with Gasteiger partial charge in [0.15, 0.2) is 0 Å². The van der Waals surface area contributed by atoms with Crippen LogP contribution in [0.4, 0.5) is 0 Å². The molecule has 0 aromatic carbocycles. The molecule has 66 valence electrons. The number of rotatable bonds is 6. The molecule has 2 heteroatoms. The van der Waals surface area contributed by atoms with Gasteiger partial charge in [0.2, 0.25) is 5.79 Å². The van der Waals surface area contributed by atoms with E-state index in [-0.39, 0.29) is 5.79 Å². The average Bonchev–Trinajstić information content (AvgIpc) is 2.69. The van der Waals surface area contributed by atoms with Crippen molar-refractivity contribution in [3.8, 4) is 0 Å². The van der Waals surface area contributed by atoms with Gasteiger partial charge >= 0.3 is 0 Å². The predicted octanol–water partition coefficient (Wildman–Crippen LogP) is 3.02. The lowest BCUT2D eigenvalue weighted by atomic mass is 10.1. The van der Waals surface area contributed by atoms with Crippen LogP contribution in [-0.4, -0.2) is 5.79 Å². The van der Waals surface area contributed by atoms with Crippen LogP contribution in [0, 0.1) is 0 Å². The maximum absolute atomic E-state index is 4.80. The van der Waals surface area contributed by atoms with Crippen molar-refractivity contribution in [2.45, 2.75) is 58.2 Å². The van der Waals surface area contributed by atoms with Crippen LogP contribution in [0.25, 0.3) is 0 Å². The van der Waals surface area contributed by atoms with Gasteiger partial charge in [-0.1, -0.05) is 32.6 Å².